The van der Waals surface area contributed by atoms with Crippen molar-refractivity contribution in [2.75, 3.05) is 0 Å². The van der Waals surface area contributed by atoms with E-state index in [1.807, 2.05) is 0 Å². The average molecular weight is 330 g/mol. The van der Waals surface area contributed by atoms with E-state index >= 15 is 0 Å². The Bertz CT molecular complexity index is 154. The molecule has 0 aliphatic heterocycles. The quantitative estimate of drug-likeness (QED) is 0.576. The van der Waals surface area contributed by atoms with E-state index in [0.29, 0.717) is 0 Å². The van der Waals surface area contributed by atoms with Gasteiger partial charge in [0, 0.05) is 0 Å². The molecule has 0 aromatic rings. The molecular formula is C15H31Sn. The molecule has 1 radical (unpaired) electrons. The van der Waals surface area contributed by atoms with Gasteiger partial charge in [0.2, 0.25) is 0 Å². The van der Waals surface area contributed by atoms with Crippen LogP contribution in [0.2, 0.25) is 13.3 Å². The number of hydrogen-bond acceptors (Lipinski definition) is 0. The second-order valence-corrected chi connectivity index (χ2v) is 20.9. The van der Waals surface area contributed by atoms with Gasteiger partial charge in [-0.15, -0.1) is 0 Å². The van der Waals surface area contributed by atoms with Crippen molar-refractivity contribution in [2.45, 2.75) is 85.4 Å². The number of rotatable bonds is 4. The van der Waals surface area contributed by atoms with Crippen molar-refractivity contribution in [1.82, 2.24) is 0 Å². The molecule has 0 aromatic carbocycles. The van der Waals surface area contributed by atoms with Crippen LogP contribution in [0.15, 0.2) is 0 Å². The molecule has 95 valence electrons. The van der Waals surface area contributed by atoms with Crippen molar-refractivity contribution in [3.63, 3.8) is 0 Å². The maximum atomic E-state index is 2.49. The van der Waals surface area contributed by atoms with Crippen LogP contribution in [0.3, 0.4) is 0 Å². The maximum absolute atomic E-state index is 2.49. The first-order valence-corrected chi connectivity index (χ1v) is 15.1. The van der Waals surface area contributed by atoms with Crippen molar-refractivity contribution in [2.24, 2.45) is 0 Å². The van der Waals surface area contributed by atoms with Gasteiger partial charge in [0.1, 0.15) is 0 Å². The Morgan fingerprint density at radius 1 is 0.688 bits per heavy atom. The summed E-state index contributed by atoms with van der Waals surface area (Å²) in [6, 6.07) is 0. The molecule has 0 N–H and O–H groups in total. The Kier molecular flexibility index (Phi) is 7.43. The molecule has 1 rings (SSSR count). The van der Waals surface area contributed by atoms with Crippen LogP contribution in [0.5, 0.6) is 0 Å². The van der Waals surface area contributed by atoms with Crippen molar-refractivity contribution in [3.05, 3.63) is 3.93 Å². The van der Waals surface area contributed by atoms with Gasteiger partial charge in [-0.25, -0.2) is 0 Å². The summed E-state index contributed by atoms with van der Waals surface area (Å²) in [4.78, 5) is 0. The summed E-state index contributed by atoms with van der Waals surface area (Å²) in [5.74, 6) is 0. The molecule has 0 amide bonds. The fraction of sp³-hybridized carbons (Fsp3) is 0.933. The molecule has 16 heavy (non-hydrogen) atoms. The van der Waals surface area contributed by atoms with E-state index in [4.69, 9.17) is 0 Å². The van der Waals surface area contributed by atoms with E-state index in [1.165, 1.54) is 51.4 Å². The molecule has 0 atom stereocenters. The monoisotopic (exact) mass is 331 g/mol. The van der Waals surface area contributed by atoms with E-state index in [1.54, 1.807) is 13.3 Å². The summed E-state index contributed by atoms with van der Waals surface area (Å²) in [5, 5.41) is 0. The summed E-state index contributed by atoms with van der Waals surface area (Å²) < 4.78 is 6.83. The van der Waals surface area contributed by atoms with Crippen LogP contribution in [-0.4, -0.2) is 18.4 Å². The normalized spacial score (nSPS) is 21.2. The van der Waals surface area contributed by atoms with Crippen molar-refractivity contribution in [3.8, 4) is 0 Å². The third-order valence-corrected chi connectivity index (χ3v) is 22.3. The van der Waals surface area contributed by atoms with E-state index in [9.17, 15) is 0 Å². The van der Waals surface area contributed by atoms with Crippen LogP contribution >= 0.6 is 0 Å². The zero-order valence-electron chi connectivity index (χ0n) is 11.8. The third kappa shape index (κ3) is 3.92. The fourth-order valence-corrected chi connectivity index (χ4v) is 16.1. The molecule has 1 fully saturated rings. The molecule has 0 spiro atoms. The number of hydrogen-bond donors (Lipinski definition) is 0. The second kappa shape index (κ2) is 8.00. The molecular weight excluding hydrogens is 299 g/mol. The molecule has 0 aromatic heterocycles. The van der Waals surface area contributed by atoms with Crippen LogP contribution in [0, 0.1) is 3.93 Å². The SMILES string of the molecule is C[CH2][Sn]([CH2]C)([CH2]C)[C]1CCCCCCCC1. The molecule has 0 unspecified atom stereocenters. The van der Waals surface area contributed by atoms with Crippen LogP contribution in [0.1, 0.15) is 72.1 Å². The van der Waals surface area contributed by atoms with Crippen LogP contribution in [0.4, 0.5) is 0 Å². The molecule has 1 aliphatic rings. The zero-order chi connectivity index (χ0) is 11.9. The molecule has 0 nitrogen and oxygen atoms in total. The van der Waals surface area contributed by atoms with E-state index in [0.717, 1.165) is 0 Å². The topological polar surface area (TPSA) is 0 Å². The van der Waals surface area contributed by atoms with E-state index in [-0.39, 0.29) is 0 Å². The zero-order valence-corrected chi connectivity index (χ0v) is 14.6. The van der Waals surface area contributed by atoms with Gasteiger partial charge in [-0.05, 0) is 0 Å². The fourth-order valence-electron chi connectivity index (χ4n) is 3.54. The first kappa shape index (κ1) is 14.9. The minimum absolute atomic E-state index is 1.50. The molecule has 0 saturated heterocycles. The summed E-state index contributed by atoms with van der Waals surface area (Å²) in [6.45, 7) is 7.47. The Balaban J connectivity index is 2.63. The Morgan fingerprint density at radius 2 is 1.06 bits per heavy atom. The van der Waals surface area contributed by atoms with Gasteiger partial charge < -0.3 is 0 Å². The van der Waals surface area contributed by atoms with Gasteiger partial charge in [0.25, 0.3) is 0 Å². The van der Waals surface area contributed by atoms with Crippen molar-refractivity contribution >= 4 is 18.4 Å². The summed E-state index contributed by atoms with van der Waals surface area (Å²) in [6.07, 6.45) is 12.1. The van der Waals surface area contributed by atoms with Crippen LogP contribution in [0.25, 0.3) is 0 Å². The van der Waals surface area contributed by atoms with Crippen molar-refractivity contribution < 1.29 is 0 Å². The van der Waals surface area contributed by atoms with Gasteiger partial charge >= 0.3 is 108 Å². The predicted octanol–water partition coefficient (Wildman–Crippen LogP) is 5.74. The second-order valence-electron chi connectivity index (χ2n) is 5.57. The average Bonchev–Trinajstić information content (AvgIpc) is 2.46. The predicted molar refractivity (Wildman–Crippen MR) is 77.4 cm³/mol. The molecule has 0 bridgehead atoms. The van der Waals surface area contributed by atoms with Crippen LogP contribution in [-0.2, 0) is 0 Å². The van der Waals surface area contributed by atoms with Gasteiger partial charge in [0.05, 0.1) is 0 Å². The molecule has 1 aliphatic carbocycles. The standard InChI is InChI=1S/C9H16.3C2H5.Sn/c1-2-4-6-8-9-7-5-3-1;3*1-2;/h1-8H2;3*1H2,2H3;. The van der Waals surface area contributed by atoms with E-state index < -0.39 is 18.4 Å². The molecule has 1 saturated carbocycles. The summed E-state index contributed by atoms with van der Waals surface area (Å²) in [7, 11) is 0. The van der Waals surface area contributed by atoms with Gasteiger partial charge in [-0.2, -0.15) is 0 Å². The summed E-state index contributed by atoms with van der Waals surface area (Å²) >= 11 is -1.78. The molecule has 1 heteroatoms. The third-order valence-electron chi connectivity index (χ3n) is 4.99. The van der Waals surface area contributed by atoms with Crippen molar-refractivity contribution in [1.29, 1.82) is 0 Å². The Morgan fingerprint density at radius 3 is 1.44 bits per heavy atom. The minimum atomic E-state index is -1.78. The Labute approximate surface area is 107 Å². The van der Waals surface area contributed by atoms with Gasteiger partial charge in [-0.1, -0.05) is 0 Å². The molecule has 0 heterocycles. The Hall–Kier alpha value is 0.799. The first-order valence-electron chi connectivity index (χ1n) is 7.64. The van der Waals surface area contributed by atoms with E-state index in [2.05, 4.69) is 24.7 Å². The van der Waals surface area contributed by atoms with Gasteiger partial charge in [-0.3, -0.25) is 0 Å². The first-order chi connectivity index (χ1) is 7.79. The van der Waals surface area contributed by atoms with Gasteiger partial charge in [0.15, 0.2) is 0 Å². The van der Waals surface area contributed by atoms with Crippen LogP contribution < -0.4 is 0 Å². The summed E-state index contributed by atoms with van der Waals surface area (Å²) in [5.41, 5.74) is 0.